The molecule has 0 saturated carbocycles. The molecule has 0 unspecified atom stereocenters. The van der Waals surface area contributed by atoms with Gasteiger partial charge in [0.1, 0.15) is 18.0 Å². The molecule has 51 heavy (non-hydrogen) atoms. The van der Waals surface area contributed by atoms with Crippen LogP contribution in [-0.2, 0) is 9.59 Å². The van der Waals surface area contributed by atoms with E-state index < -0.39 is 11.2 Å². The van der Waals surface area contributed by atoms with Gasteiger partial charge in [-0.15, -0.1) is 0 Å². The largest absolute Gasteiger partial charge is 0.475 e. The van der Waals surface area contributed by atoms with E-state index >= 15 is 4.39 Å². The number of anilines is 2. The molecule has 13 heteroatoms. The van der Waals surface area contributed by atoms with E-state index in [0.717, 1.165) is 5.57 Å². The molecule has 5 N–H and O–H groups in total. The van der Waals surface area contributed by atoms with Crippen LogP contribution in [0.1, 0.15) is 55.4 Å². The number of carbonyl (C=O) groups excluding carboxylic acids is 2. The molecular formula is C38H44FN9O3. The lowest BCUT2D eigenvalue weighted by Crippen LogP contribution is -2.43. The molecule has 6 rings (SSSR count). The highest BCUT2D eigenvalue weighted by Gasteiger charge is 2.51. The van der Waals surface area contributed by atoms with E-state index in [-0.39, 0.29) is 36.0 Å². The fourth-order valence-corrected chi connectivity index (χ4v) is 7.02. The molecule has 3 aliphatic rings. The van der Waals surface area contributed by atoms with Crippen LogP contribution in [0.3, 0.4) is 0 Å². The average Bonchev–Trinajstić information content (AvgIpc) is 3.68. The van der Waals surface area contributed by atoms with E-state index in [0.29, 0.717) is 91.5 Å². The summed E-state index contributed by atoms with van der Waals surface area (Å²) in [4.78, 5) is 45.0. The maximum Gasteiger partial charge on any atom is 0.237 e. The van der Waals surface area contributed by atoms with Crippen molar-refractivity contribution in [2.75, 3.05) is 56.9 Å². The van der Waals surface area contributed by atoms with Gasteiger partial charge in [0.05, 0.1) is 23.8 Å². The van der Waals surface area contributed by atoms with Crippen molar-refractivity contribution in [2.24, 2.45) is 21.1 Å². The minimum absolute atomic E-state index is 0.0115. The predicted molar refractivity (Wildman–Crippen MR) is 198 cm³/mol. The molecule has 1 aromatic heterocycles. The van der Waals surface area contributed by atoms with Crippen molar-refractivity contribution < 1.29 is 18.7 Å². The number of nitrogens with zero attached hydrogens (tertiary/aromatic N) is 6. The minimum atomic E-state index is -0.568. The summed E-state index contributed by atoms with van der Waals surface area (Å²) in [6, 6.07) is 13.7. The maximum atomic E-state index is 15.0. The number of aromatic nitrogens is 1. The van der Waals surface area contributed by atoms with E-state index in [1.807, 2.05) is 26.0 Å². The van der Waals surface area contributed by atoms with Gasteiger partial charge in [-0.1, -0.05) is 18.2 Å². The lowest BCUT2D eigenvalue weighted by molar-refractivity contribution is -0.132. The Balaban J connectivity index is 1.06. The maximum absolute atomic E-state index is 15.0. The van der Waals surface area contributed by atoms with E-state index in [9.17, 15) is 9.59 Å². The number of hydrogen-bond acceptors (Lipinski definition) is 8. The Morgan fingerprint density at radius 1 is 1.12 bits per heavy atom. The molecule has 12 nitrogen and oxygen atoms in total. The second-order valence-corrected chi connectivity index (χ2v) is 13.5. The lowest BCUT2D eigenvalue weighted by Gasteiger charge is -2.29. The Hall–Kier alpha value is -5.43. The molecular weight excluding hydrogens is 649 g/mol. The normalized spacial score (nSPS) is 19.8. The van der Waals surface area contributed by atoms with Crippen LogP contribution in [0.15, 0.2) is 70.8 Å². The van der Waals surface area contributed by atoms with Crippen molar-refractivity contribution >= 4 is 46.6 Å². The quantitative estimate of drug-likeness (QED) is 0.163. The number of rotatable bonds is 10. The number of likely N-dealkylation sites (tertiary alicyclic amines) is 1. The second kappa shape index (κ2) is 14.8. The summed E-state index contributed by atoms with van der Waals surface area (Å²) in [7, 11) is 1.58. The first kappa shape index (κ1) is 35.4. The first-order valence-electron chi connectivity index (χ1n) is 17.1. The monoisotopic (exact) mass is 693 g/mol. The molecule has 0 aliphatic carbocycles. The van der Waals surface area contributed by atoms with Crippen LogP contribution in [0.4, 0.5) is 15.8 Å². The van der Waals surface area contributed by atoms with Crippen molar-refractivity contribution in [2.45, 2.75) is 39.2 Å². The molecule has 3 aliphatic heterocycles. The fourth-order valence-electron chi connectivity index (χ4n) is 7.02. The molecule has 1 atom stereocenters. The van der Waals surface area contributed by atoms with Gasteiger partial charge in [0.25, 0.3) is 0 Å². The zero-order valence-electron chi connectivity index (χ0n) is 29.2. The number of ether oxygens (including phenoxy) is 1. The van der Waals surface area contributed by atoms with Gasteiger partial charge in [-0.2, -0.15) is 0 Å². The van der Waals surface area contributed by atoms with Crippen LogP contribution in [0.25, 0.3) is 5.57 Å². The van der Waals surface area contributed by atoms with E-state index in [1.54, 1.807) is 59.4 Å². The number of amidine groups is 1. The smallest absolute Gasteiger partial charge is 0.237 e. The highest BCUT2D eigenvalue weighted by atomic mass is 19.1. The van der Waals surface area contributed by atoms with Crippen LogP contribution < -0.4 is 21.1 Å². The van der Waals surface area contributed by atoms with Gasteiger partial charge in [-0.05, 0) is 75.6 Å². The Morgan fingerprint density at radius 3 is 2.59 bits per heavy atom. The van der Waals surface area contributed by atoms with Crippen molar-refractivity contribution in [3.63, 3.8) is 0 Å². The molecule has 3 aromatic rings. The molecule has 4 heterocycles. The van der Waals surface area contributed by atoms with Crippen LogP contribution in [0.5, 0.6) is 5.88 Å². The van der Waals surface area contributed by atoms with E-state index in [2.05, 4.69) is 19.9 Å². The van der Waals surface area contributed by atoms with Gasteiger partial charge in [0.2, 0.25) is 17.7 Å². The number of nitrogens with one attached hydrogen (secondary N) is 1. The number of aliphatic imine (C=N–C) groups is 2. The summed E-state index contributed by atoms with van der Waals surface area (Å²) < 4.78 is 20.6. The zero-order chi connectivity index (χ0) is 36.3. The van der Waals surface area contributed by atoms with Gasteiger partial charge < -0.3 is 26.0 Å². The fraction of sp³-hybridized carbons (Fsp3) is 0.368. The van der Waals surface area contributed by atoms with E-state index in [1.165, 1.54) is 12.4 Å². The first-order chi connectivity index (χ1) is 24.5. The highest BCUT2D eigenvalue weighted by Crippen LogP contribution is 2.43. The topological polar surface area (TPSA) is 167 Å². The molecule has 1 spiro atoms. The number of benzene rings is 2. The summed E-state index contributed by atoms with van der Waals surface area (Å²) in [5, 5.41) is 8.84. The van der Waals surface area contributed by atoms with Crippen LogP contribution in [0, 0.1) is 16.6 Å². The summed E-state index contributed by atoms with van der Waals surface area (Å²) in [5.41, 5.74) is 15.9. The van der Waals surface area contributed by atoms with Gasteiger partial charge in [-0.3, -0.25) is 24.9 Å². The van der Waals surface area contributed by atoms with Gasteiger partial charge in [-0.25, -0.2) is 14.4 Å². The van der Waals surface area contributed by atoms with Gasteiger partial charge >= 0.3 is 0 Å². The molecule has 2 saturated heterocycles. The molecule has 266 valence electrons. The Bertz CT molecular complexity index is 1920. The number of nitrogen functional groups attached to an aromatic ring is 1. The highest BCUT2D eigenvalue weighted by molar-refractivity contribution is 6.14. The van der Waals surface area contributed by atoms with Crippen molar-refractivity contribution in [3.05, 3.63) is 88.9 Å². The van der Waals surface area contributed by atoms with E-state index in [4.69, 9.17) is 21.6 Å². The predicted octanol–water partition coefficient (Wildman–Crippen LogP) is 4.11. The third-order valence-corrected chi connectivity index (χ3v) is 9.79. The lowest BCUT2D eigenvalue weighted by atomic mass is 9.85. The SMILES string of the molecule is CN=CN=C(N)c1ccc(C2=CCN(C(=O)CN3CC[C@]4(CCN(c5ccc(N)c(C(=N)c6ccc(OC(C)C)nc6)c5)C4=O)C3)CC2)c(F)c1. The zero-order valence-corrected chi connectivity index (χ0v) is 29.2. The summed E-state index contributed by atoms with van der Waals surface area (Å²) in [6.07, 6.45) is 6.67. The summed E-state index contributed by atoms with van der Waals surface area (Å²) >= 11 is 0. The van der Waals surface area contributed by atoms with Crippen molar-refractivity contribution in [3.8, 4) is 5.88 Å². The Kier molecular flexibility index (Phi) is 10.3. The summed E-state index contributed by atoms with van der Waals surface area (Å²) in [5.74, 6) is 0.289. The molecule has 2 amide bonds. The third-order valence-electron chi connectivity index (χ3n) is 9.79. The first-order valence-corrected chi connectivity index (χ1v) is 17.1. The van der Waals surface area contributed by atoms with Crippen molar-refractivity contribution in [1.29, 1.82) is 5.41 Å². The van der Waals surface area contributed by atoms with Gasteiger partial charge in [0, 0.05) is 79.1 Å². The van der Waals surface area contributed by atoms with Crippen LogP contribution in [0.2, 0.25) is 0 Å². The molecule has 2 aromatic carbocycles. The number of hydrogen-bond donors (Lipinski definition) is 3. The number of pyridine rings is 1. The number of halogens is 1. The Labute approximate surface area is 297 Å². The standard InChI is InChI=1S/C38H44FN9O3/c1-24(2)51-33-9-5-27(20-44-33)35(41)30-19-28(6-8-32(30)40)48-17-13-38(37(48)50)12-16-46(22-38)21-34(49)47-14-10-25(11-15-47)29-7-4-26(18-31(29)39)36(42)45-23-43-3/h4-10,18-20,23-24,41H,11-17,21-22,40H2,1-3H3,(H2,42,43,45)/t38-/m0/s1. The number of amides is 2. The van der Waals surface area contributed by atoms with Gasteiger partial charge in [0.15, 0.2) is 0 Å². The van der Waals surface area contributed by atoms with Crippen LogP contribution >= 0.6 is 0 Å². The molecule has 0 radical (unpaired) electrons. The Morgan fingerprint density at radius 2 is 1.90 bits per heavy atom. The number of carbonyl (C=O) groups is 2. The summed E-state index contributed by atoms with van der Waals surface area (Å²) in [6.45, 7) is 6.63. The second-order valence-electron chi connectivity index (χ2n) is 13.5. The molecule has 2 fully saturated rings. The average molecular weight is 694 g/mol. The third kappa shape index (κ3) is 7.53. The van der Waals surface area contributed by atoms with Crippen LogP contribution in [-0.4, -0.2) is 96.9 Å². The van der Waals surface area contributed by atoms with Crippen molar-refractivity contribution in [1.82, 2.24) is 14.8 Å². The number of nitrogens with two attached hydrogens (primary N) is 2. The molecule has 0 bridgehead atoms. The minimum Gasteiger partial charge on any atom is -0.475 e.